The molecule has 2 aromatic rings. The largest absolute Gasteiger partial charge is 0.508 e. The van der Waals surface area contributed by atoms with Gasteiger partial charge in [0.2, 0.25) is 0 Å². The van der Waals surface area contributed by atoms with E-state index < -0.39 is 0 Å². The Morgan fingerprint density at radius 2 is 0.917 bits per heavy atom. The number of phenols is 2. The summed E-state index contributed by atoms with van der Waals surface area (Å²) in [6.45, 7) is 0. The first-order valence-electron chi connectivity index (χ1n) is 8.54. The Bertz CT molecular complexity index is 514. The van der Waals surface area contributed by atoms with Crippen LogP contribution >= 0.6 is 21.6 Å². The van der Waals surface area contributed by atoms with E-state index >= 15 is 0 Å². The Morgan fingerprint density at radius 3 is 1.29 bits per heavy atom. The van der Waals surface area contributed by atoms with Crippen molar-refractivity contribution in [3.05, 3.63) is 59.7 Å². The van der Waals surface area contributed by atoms with Crippen molar-refractivity contribution in [1.29, 1.82) is 0 Å². The van der Waals surface area contributed by atoms with Crippen LogP contribution in [0.3, 0.4) is 0 Å². The highest BCUT2D eigenvalue weighted by atomic mass is 33.1. The summed E-state index contributed by atoms with van der Waals surface area (Å²) >= 11 is 0. The van der Waals surface area contributed by atoms with Crippen LogP contribution in [0.15, 0.2) is 48.5 Å². The molecular weight excluding hydrogens is 336 g/mol. The highest BCUT2D eigenvalue weighted by Gasteiger charge is 1.97. The van der Waals surface area contributed by atoms with E-state index in [2.05, 4.69) is 0 Å². The summed E-state index contributed by atoms with van der Waals surface area (Å²) in [6, 6.07) is 15.1. The van der Waals surface area contributed by atoms with Gasteiger partial charge in [-0.1, -0.05) is 45.9 Å². The number of benzene rings is 2. The maximum atomic E-state index is 9.25. The first kappa shape index (κ1) is 19.1. The molecule has 0 unspecified atom stereocenters. The summed E-state index contributed by atoms with van der Waals surface area (Å²) in [4.78, 5) is 0. The molecule has 0 aliphatic carbocycles. The van der Waals surface area contributed by atoms with Crippen LogP contribution < -0.4 is 0 Å². The summed E-state index contributed by atoms with van der Waals surface area (Å²) < 4.78 is 0. The van der Waals surface area contributed by atoms with Gasteiger partial charge in [0.05, 0.1) is 0 Å². The highest BCUT2D eigenvalue weighted by Crippen LogP contribution is 2.24. The SMILES string of the molecule is Oc1ccc(CCCCSSCCCCc2ccc(O)cc2)cc1. The maximum absolute atomic E-state index is 9.25. The number of rotatable bonds is 11. The fourth-order valence-corrected chi connectivity index (χ4v) is 4.72. The van der Waals surface area contributed by atoms with E-state index in [-0.39, 0.29) is 0 Å². The van der Waals surface area contributed by atoms with Gasteiger partial charge < -0.3 is 10.2 Å². The van der Waals surface area contributed by atoms with E-state index in [1.807, 2.05) is 45.9 Å². The molecule has 0 radical (unpaired) electrons. The van der Waals surface area contributed by atoms with Gasteiger partial charge in [-0.05, 0) is 73.9 Å². The van der Waals surface area contributed by atoms with E-state index in [0.717, 1.165) is 12.8 Å². The molecular formula is C20H26O2S2. The second-order valence-corrected chi connectivity index (χ2v) is 8.59. The smallest absolute Gasteiger partial charge is 0.115 e. The summed E-state index contributed by atoms with van der Waals surface area (Å²) in [7, 11) is 3.97. The maximum Gasteiger partial charge on any atom is 0.115 e. The van der Waals surface area contributed by atoms with Gasteiger partial charge in [-0.2, -0.15) is 0 Å². The summed E-state index contributed by atoms with van der Waals surface area (Å²) in [5.74, 6) is 3.11. The standard InChI is InChI=1S/C20H26O2S2/c21-19-11-7-17(8-12-19)5-1-3-15-23-24-16-4-2-6-18-9-13-20(22)14-10-18/h7-14,21-22H,1-6,15-16H2. The average molecular weight is 363 g/mol. The molecule has 130 valence electrons. The quantitative estimate of drug-likeness (QED) is 0.390. The fraction of sp³-hybridized carbons (Fsp3) is 0.400. The average Bonchev–Trinajstić information content (AvgIpc) is 2.60. The lowest BCUT2D eigenvalue weighted by atomic mass is 10.1. The third-order valence-electron chi connectivity index (χ3n) is 3.84. The predicted molar refractivity (Wildman–Crippen MR) is 107 cm³/mol. The van der Waals surface area contributed by atoms with Gasteiger partial charge >= 0.3 is 0 Å². The van der Waals surface area contributed by atoms with Crippen LogP contribution in [0.5, 0.6) is 11.5 Å². The van der Waals surface area contributed by atoms with Gasteiger partial charge in [0.15, 0.2) is 0 Å². The first-order chi connectivity index (χ1) is 11.7. The molecule has 0 atom stereocenters. The lowest BCUT2D eigenvalue weighted by Crippen LogP contribution is -1.88. The predicted octanol–water partition coefficient (Wildman–Crippen LogP) is 5.82. The molecule has 0 fully saturated rings. The first-order valence-corrected chi connectivity index (χ1v) is 11.0. The van der Waals surface area contributed by atoms with Crippen molar-refractivity contribution in [2.75, 3.05) is 11.5 Å². The van der Waals surface area contributed by atoms with Crippen LogP contribution in [0.2, 0.25) is 0 Å². The topological polar surface area (TPSA) is 40.5 Å². The van der Waals surface area contributed by atoms with Gasteiger partial charge in [0.1, 0.15) is 11.5 Å². The number of phenolic OH excluding ortho intramolecular Hbond substituents is 2. The van der Waals surface area contributed by atoms with Crippen LogP contribution in [0.4, 0.5) is 0 Å². The second-order valence-electron chi connectivity index (χ2n) is 5.89. The fourth-order valence-electron chi connectivity index (χ4n) is 2.42. The molecule has 2 nitrogen and oxygen atoms in total. The zero-order chi connectivity index (χ0) is 17.0. The van der Waals surface area contributed by atoms with Crippen molar-refractivity contribution < 1.29 is 10.2 Å². The van der Waals surface area contributed by atoms with E-state index in [1.54, 1.807) is 24.3 Å². The van der Waals surface area contributed by atoms with Gasteiger partial charge in [-0.3, -0.25) is 0 Å². The van der Waals surface area contributed by atoms with Crippen LogP contribution in [-0.2, 0) is 12.8 Å². The molecule has 2 rings (SSSR count). The Balaban J connectivity index is 1.40. The van der Waals surface area contributed by atoms with Gasteiger partial charge in [-0.25, -0.2) is 0 Å². The van der Waals surface area contributed by atoms with Gasteiger partial charge in [0.25, 0.3) is 0 Å². The number of hydrogen-bond donors (Lipinski definition) is 2. The minimum absolute atomic E-state index is 0.344. The molecule has 0 heterocycles. The Morgan fingerprint density at radius 1 is 0.542 bits per heavy atom. The van der Waals surface area contributed by atoms with Crippen LogP contribution in [0.1, 0.15) is 36.8 Å². The normalized spacial score (nSPS) is 10.8. The van der Waals surface area contributed by atoms with E-state index in [0.29, 0.717) is 11.5 Å². The number of aryl methyl sites for hydroxylation is 2. The monoisotopic (exact) mass is 362 g/mol. The molecule has 0 aliphatic rings. The summed E-state index contributed by atoms with van der Waals surface area (Å²) in [5, 5.41) is 18.5. The van der Waals surface area contributed by atoms with E-state index in [1.165, 1.54) is 48.3 Å². The van der Waals surface area contributed by atoms with Crippen molar-refractivity contribution in [2.24, 2.45) is 0 Å². The summed E-state index contributed by atoms with van der Waals surface area (Å²) in [5.41, 5.74) is 2.61. The number of unbranched alkanes of at least 4 members (excludes halogenated alkanes) is 2. The van der Waals surface area contributed by atoms with Crippen molar-refractivity contribution in [1.82, 2.24) is 0 Å². The third-order valence-corrected chi connectivity index (χ3v) is 6.42. The van der Waals surface area contributed by atoms with Crippen molar-refractivity contribution >= 4 is 21.6 Å². The zero-order valence-electron chi connectivity index (χ0n) is 14.0. The van der Waals surface area contributed by atoms with Crippen LogP contribution in [0, 0.1) is 0 Å². The molecule has 0 saturated heterocycles. The lowest BCUT2D eigenvalue weighted by Gasteiger charge is -2.04. The Kier molecular flexibility index (Phi) is 9.00. The lowest BCUT2D eigenvalue weighted by molar-refractivity contribution is 0.474. The molecule has 0 amide bonds. The highest BCUT2D eigenvalue weighted by molar-refractivity contribution is 8.76. The molecule has 2 aromatic carbocycles. The van der Waals surface area contributed by atoms with Gasteiger partial charge in [-0.15, -0.1) is 0 Å². The zero-order valence-corrected chi connectivity index (χ0v) is 15.6. The molecule has 4 heteroatoms. The molecule has 0 aromatic heterocycles. The van der Waals surface area contributed by atoms with Crippen molar-refractivity contribution in [3.8, 4) is 11.5 Å². The van der Waals surface area contributed by atoms with Gasteiger partial charge in [0, 0.05) is 11.5 Å². The van der Waals surface area contributed by atoms with Crippen LogP contribution in [0.25, 0.3) is 0 Å². The molecule has 0 aliphatic heterocycles. The molecule has 0 bridgehead atoms. The molecule has 24 heavy (non-hydrogen) atoms. The minimum Gasteiger partial charge on any atom is -0.508 e. The Hall–Kier alpha value is -1.26. The second kappa shape index (κ2) is 11.3. The Labute approximate surface area is 153 Å². The van der Waals surface area contributed by atoms with Crippen molar-refractivity contribution in [2.45, 2.75) is 38.5 Å². The molecule has 2 N–H and O–H groups in total. The minimum atomic E-state index is 0.344. The van der Waals surface area contributed by atoms with E-state index in [4.69, 9.17) is 0 Å². The summed E-state index contributed by atoms with van der Waals surface area (Å²) in [6.07, 6.45) is 7.09. The van der Waals surface area contributed by atoms with Crippen molar-refractivity contribution in [3.63, 3.8) is 0 Å². The third kappa shape index (κ3) is 8.02. The van der Waals surface area contributed by atoms with E-state index in [9.17, 15) is 10.2 Å². The number of aromatic hydroxyl groups is 2. The molecule has 0 spiro atoms. The number of hydrogen-bond acceptors (Lipinski definition) is 4. The van der Waals surface area contributed by atoms with Crippen LogP contribution in [-0.4, -0.2) is 21.7 Å². The molecule has 0 saturated carbocycles.